The highest BCUT2D eigenvalue weighted by molar-refractivity contribution is 5.81. The van der Waals surface area contributed by atoms with E-state index >= 15 is 0 Å². The lowest BCUT2D eigenvalue weighted by atomic mass is 9.98. The maximum atomic E-state index is 12.7. The summed E-state index contributed by atoms with van der Waals surface area (Å²) >= 11 is 0. The zero-order valence-corrected chi connectivity index (χ0v) is 13.6. The van der Waals surface area contributed by atoms with E-state index < -0.39 is 0 Å². The summed E-state index contributed by atoms with van der Waals surface area (Å²) in [4.78, 5) is 14.5. The third kappa shape index (κ3) is 2.99. The number of ether oxygens (including phenoxy) is 2. The van der Waals surface area contributed by atoms with Crippen molar-refractivity contribution in [1.82, 2.24) is 19.9 Å². The van der Waals surface area contributed by atoms with E-state index in [1.807, 2.05) is 9.58 Å². The van der Waals surface area contributed by atoms with Crippen LogP contribution in [-0.2, 0) is 27.4 Å². The highest BCUT2D eigenvalue weighted by atomic mass is 16.5. The number of amides is 1. The molecule has 0 spiro atoms. The minimum Gasteiger partial charge on any atom is -0.384 e. The molecule has 2 atom stereocenters. The zero-order chi connectivity index (χ0) is 15.8. The Hall–Kier alpha value is -1.47. The summed E-state index contributed by atoms with van der Waals surface area (Å²) in [5, 5.41) is 8.70. The summed E-state index contributed by atoms with van der Waals surface area (Å²) in [6, 6.07) is 0. The normalized spacial score (nSPS) is 27.3. The SMILES string of the molecule is COCC1CN(C(=O)[C@H]2CCCO2)Cc2nnn(CC3CC3)c21. The van der Waals surface area contributed by atoms with Crippen LogP contribution in [0.5, 0.6) is 0 Å². The van der Waals surface area contributed by atoms with Crippen molar-refractivity contribution in [2.24, 2.45) is 5.92 Å². The van der Waals surface area contributed by atoms with E-state index in [-0.39, 0.29) is 17.9 Å². The van der Waals surface area contributed by atoms with Gasteiger partial charge in [0.15, 0.2) is 0 Å². The second-order valence-electron chi connectivity index (χ2n) is 6.92. The lowest BCUT2D eigenvalue weighted by Gasteiger charge is -2.33. The minimum absolute atomic E-state index is 0.0889. The molecule has 1 unspecified atom stereocenters. The van der Waals surface area contributed by atoms with Crippen LogP contribution in [0.2, 0.25) is 0 Å². The van der Waals surface area contributed by atoms with Crippen molar-refractivity contribution in [1.29, 1.82) is 0 Å². The number of aromatic nitrogens is 3. The Morgan fingerprint density at radius 3 is 2.96 bits per heavy atom. The number of carbonyl (C=O) groups excluding carboxylic acids is 1. The Labute approximate surface area is 135 Å². The van der Waals surface area contributed by atoms with Crippen molar-refractivity contribution in [3.05, 3.63) is 11.4 Å². The van der Waals surface area contributed by atoms with Crippen LogP contribution in [0.4, 0.5) is 0 Å². The van der Waals surface area contributed by atoms with Gasteiger partial charge < -0.3 is 14.4 Å². The van der Waals surface area contributed by atoms with Gasteiger partial charge in [0.05, 0.1) is 18.8 Å². The second kappa shape index (κ2) is 6.20. The predicted molar refractivity (Wildman–Crippen MR) is 81.8 cm³/mol. The highest BCUT2D eigenvalue weighted by Gasteiger charge is 2.37. The molecule has 1 aromatic heterocycles. The molecule has 1 saturated carbocycles. The van der Waals surface area contributed by atoms with Gasteiger partial charge in [-0.25, -0.2) is 4.68 Å². The standard InChI is InChI=1S/C16H24N4O3/c1-22-10-12-8-19(16(21)14-3-2-6-23-14)9-13-15(12)20(18-17-13)7-11-4-5-11/h11-12,14H,2-10H2,1H3/t12?,14-/m1/s1. The number of hydrogen-bond donors (Lipinski definition) is 0. The Balaban J connectivity index is 1.55. The van der Waals surface area contributed by atoms with E-state index in [4.69, 9.17) is 9.47 Å². The van der Waals surface area contributed by atoms with Crippen molar-refractivity contribution in [2.75, 3.05) is 26.9 Å². The van der Waals surface area contributed by atoms with Crippen LogP contribution in [-0.4, -0.2) is 58.8 Å². The first-order valence-corrected chi connectivity index (χ1v) is 8.58. The fourth-order valence-electron chi connectivity index (χ4n) is 3.67. The van der Waals surface area contributed by atoms with Crippen LogP contribution in [0.25, 0.3) is 0 Å². The Morgan fingerprint density at radius 1 is 1.39 bits per heavy atom. The third-order valence-corrected chi connectivity index (χ3v) is 5.03. The molecule has 0 aromatic carbocycles. The smallest absolute Gasteiger partial charge is 0.252 e. The second-order valence-corrected chi connectivity index (χ2v) is 6.92. The molecule has 0 radical (unpaired) electrons. The van der Waals surface area contributed by atoms with Gasteiger partial charge in [0.25, 0.3) is 5.91 Å². The van der Waals surface area contributed by atoms with Crippen LogP contribution < -0.4 is 0 Å². The fourth-order valence-corrected chi connectivity index (χ4v) is 3.67. The average Bonchev–Trinajstić information content (AvgIpc) is 3.04. The third-order valence-electron chi connectivity index (χ3n) is 5.03. The van der Waals surface area contributed by atoms with Gasteiger partial charge in [0.2, 0.25) is 0 Å². The average molecular weight is 320 g/mol. The summed E-state index contributed by atoms with van der Waals surface area (Å²) < 4.78 is 13.0. The van der Waals surface area contributed by atoms with Crippen molar-refractivity contribution in [3.8, 4) is 0 Å². The quantitative estimate of drug-likeness (QED) is 0.807. The van der Waals surface area contributed by atoms with Gasteiger partial charge in [-0.05, 0) is 31.6 Å². The molecule has 7 heteroatoms. The van der Waals surface area contributed by atoms with Gasteiger partial charge in [-0.1, -0.05) is 5.21 Å². The van der Waals surface area contributed by atoms with Crippen molar-refractivity contribution in [3.63, 3.8) is 0 Å². The van der Waals surface area contributed by atoms with Crippen LogP contribution in [0.3, 0.4) is 0 Å². The number of rotatable bonds is 5. The fraction of sp³-hybridized carbons (Fsp3) is 0.812. The Morgan fingerprint density at radius 2 is 2.26 bits per heavy atom. The van der Waals surface area contributed by atoms with E-state index in [9.17, 15) is 4.79 Å². The molecule has 4 rings (SSSR count). The molecule has 3 aliphatic rings. The number of carbonyl (C=O) groups is 1. The number of methoxy groups -OCH3 is 1. The molecular formula is C16H24N4O3. The summed E-state index contributed by atoms with van der Waals surface area (Å²) in [7, 11) is 1.70. The van der Waals surface area contributed by atoms with Gasteiger partial charge >= 0.3 is 0 Å². The number of nitrogens with zero attached hydrogens (tertiary/aromatic N) is 4. The molecular weight excluding hydrogens is 296 g/mol. The molecule has 1 aromatic rings. The maximum Gasteiger partial charge on any atom is 0.252 e. The lowest BCUT2D eigenvalue weighted by Crippen LogP contribution is -2.44. The molecule has 1 amide bonds. The van der Waals surface area contributed by atoms with Crippen LogP contribution >= 0.6 is 0 Å². The molecule has 1 saturated heterocycles. The van der Waals surface area contributed by atoms with Crippen LogP contribution in [0, 0.1) is 5.92 Å². The van der Waals surface area contributed by atoms with Crippen molar-refractivity contribution in [2.45, 2.75) is 50.8 Å². The summed E-state index contributed by atoms with van der Waals surface area (Å²) in [6.45, 7) is 3.42. The Kier molecular flexibility index (Phi) is 4.07. The minimum atomic E-state index is -0.277. The monoisotopic (exact) mass is 320 g/mol. The van der Waals surface area contributed by atoms with Crippen LogP contribution in [0.15, 0.2) is 0 Å². The molecule has 7 nitrogen and oxygen atoms in total. The molecule has 23 heavy (non-hydrogen) atoms. The molecule has 3 heterocycles. The molecule has 2 fully saturated rings. The molecule has 126 valence electrons. The largest absolute Gasteiger partial charge is 0.384 e. The molecule has 1 aliphatic carbocycles. The van der Waals surface area contributed by atoms with Gasteiger partial charge in [-0.2, -0.15) is 0 Å². The number of fused-ring (bicyclic) bond motifs is 1. The van der Waals surface area contributed by atoms with Gasteiger partial charge in [-0.3, -0.25) is 4.79 Å². The summed E-state index contributed by atoms with van der Waals surface area (Å²) in [5.74, 6) is 0.976. The van der Waals surface area contributed by atoms with E-state index in [0.717, 1.165) is 36.7 Å². The summed E-state index contributed by atoms with van der Waals surface area (Å²) in [6.07, 6.45) is 4.08. The highest BCUT2D eigenvalue weighted by Crippen LogP contribution is 2.34. The first-order valence-electron chi connectivity index (χ1n) is 8.58. The Bertz CT molecular complexity index is 578. The zero-order valence-electron chi connectivity index (χ0n) is 13.6. The number of hydrogen-bond acceptors (Lipinski definition) is 5. The van der Waals surface area contributed by atoms with Crippen LogP contribution in [0.1, 0.15) is 43.0 Å². The van der Waals surface area contributed by atoms with E-state index in [2.05, 4.69) is 10.3 Å². The molecule has 0 bridgehead atoms. The van der Waals surface area contributed by atoms with E-state index in [1.165, 1.54) is 12.8 Å². The predicted octanol–water partition coefficient (Wildman–Crippen LogP) is 0.939. The lowest BCUT2D eigenvalue weighted by molar-refractivity contribution is -0.142. The molecule has 2 aliphatic heterocycles. The van der Waals surface area contributed by atoms with E-state index in [0.29, 0.717) is 26.3 Å². The first kappa shape index (κ1) is 15.1. The van der Waals surface area contributed by atoms with E-state index in [1.54, 1.807) is 7.11 Å². The van der Waals surface area contributed by atoms with Gasteiger partial charge in [0, 0.05) is 32.7 Å². The van der Waals surface area contributed by atoms with Crippen molar-refractivity contribution >= 4 is 5.91 Å². The van der Waals surface area contributed by atoms with Gasteiger partial charge in [0.1, 0.15) is 11.8 Å². The van der Waals surface area contributed by atoms with Gasteiger partial charge in [-0.15, -0.1) is 5.10 Å². The molecule has 0 N–H and O–H groups in total. The maximum absolute atomic E-state index is 12.7. The summed E-state index contributed by atoms with van der Waals surface area (Å²) in [5.41, 5.74) is 2.08. The topological polar surface area (TPSA) is 69.5 Å². The first-order chi connectivity index (χ1) is 11.3. The van der Waals surface area contributed by atoms with Crippen molar-refractivity contribution < 1.29 is 14.3 Å².